The van der Waals surface area contributed by atoms with Crippen molar-refractivity contribution in [2.75, 3.05) is 11.4 Å². The van der Waals surface area contributed by atoms with Crippen molar-refractivity contribution in [3.05, 3.63) is 65.7 Å². The summed E-state index contributed by atoms with van der Waals surface area (Å²) in [7, 11) is 0. The van der Waals surface area contributed by atoms with Crippen LogP contribution in [0.3, 0.4) is 0 Å². The predicted molar refractivity (Wildman–Crippen MR) is 85.1 cm³/mol. The first kappa shape index (κ1) is 13.0. The molecule has 2 aromatic carbocycles. The van der Waals surface area contributed by atoms with E-state index in [4.69, 9.17) is 0 Å². The molecule has 0 bridgehead atoms. The molecule has 0 saturated carbocycles. The van der Waals surface area contributed by atoms with Crippen LogP contribution in [0.2, 0.25) is 0 Å². The molecular formula is C17H17N5. The largest absolute Gasteiger partial charge is 0.309 e. The number of hydrogen-bond donors (Lipinski definition) is 0. The third kappa shape index (κ3) is 2.35. The molecule has 110 valence electrons. The maximum absolute atomic E-state index is 4.26. The van der Waals surface area contributed by atoms with Crippen LogP contribution in [0.4, 0.5) is 11.6 Å². The molecule has 0 atom stereocenters. The molecule has 0 radical (unpaired) electrons. The van der Waals surface area contributed by atoms with Crippen molar-refractivity contribution in [2.45, 2.75) is 19.4 Å². The molecule has 4 rings (SSSR count). The van der Waals surface area contributed by atoms with Crippen molar-refractivity contribution in [3.63, 3.8) is 0 Å². The maximum atomic E-state index is 4.26. The Bertz CT molecular complexity index is 765. The molecule has 1 aliphatic heterocycles. The third-order valence-corrected chi connectivity index (χ3v) is 4.04. The van der Waals surface area contributed by atoms with E-state index in [0.717, 1.165) is 25.3 Å². The molecule has 0 amide bonds. The van der Waals surface area contributed by atoms with Gasteiger partial charge in [-0.25, -0.2) is 4.68 Å². The van der Waals surface area contributed by atoms with Gasteiger partial charge in [0.1, 0.15) is 0 Å². The van der Waals surface area contributed by atoms with E-state index in [1.807, 2.05) is 22.9 Å². The van der Waals surface area contributed by atoms with Crippen LogP contribution in [0.1, 0.15) is 17.5 Å². The minimum atomic E-state index is 0.682. The average Bonchev–Trinajstić information content (AvgIpc) is 3.03. The van der Waals surface area contributed by atoms with Crippen LogP contribution in [0, 0.1) is 0 Å². The van der Waals surface area contributed by atoms with Crippen LogP contribution in [-0.4, -0.2) is 26.8 Å². The van der Waals surface area contributed by atoms with Gasteiger partial charge in [0.2, 0.25) is 5.95 Å². The first-order valence-corrected chi connectivity index (χ1v) is 7.57. The lowest BCUT2D eigenvalue weighted by molar-refractivity contribution is 0.635. The summed E-state index contributed by atoms with van der Waals surface area (Å²) < 4.78 is 1.87. The molecule has 1 aliphatic rings. The smallest absolute Gasteiger partial charge is 0.250 e. The number of benzene rings is 2. The topological polar surface area (TPSA) is 46.8 Å². The fraction of sp³-hybridized carbons (Fsp3) is 0.235. The standard InChI is InChI=1S/C17H17N5/c1-2-7-14(8-3-1)13-22-17(18-19-20-22)21-12-6-10-15-9-4-5-11-16(15)21/h1-5,7-9,11H,6,10,12-13H2. The molecule has 5 heteroatoms. The van der Waals surface area contributed by atoms with Crippen LogP contribution in [0.5, 0.6) is 0 Å². The Morgan fingerprint density at radius 1 is 0.955 bits per heavy atom. The molecule has 22 heavy (non-hydrogen) atoms. The second kappa shape index (κ2) is 5.60. The molecule has 0 unspecified atom stereocenters. The minimum Gasteiger partial charge on any atom is -0.309 e. The summed E-state index contributed by atoms with van der Waals surface area (Å²) in [5.41, 5.74) is 3.78. The lowest BCUT2D eigenvalue weighted by Crippen LogP contribution is -2.27. The van der Waals surface area contributed by atoms with Crippen LogP contribution >= 0.6 is 0 Å². The van der Waals surface area contributed by atoms with Gasteiger partial charge in [0.25, 0.3) is 0 Å². The monoisotopic (exact) mass is 291 g/mol. The van der Waals surface area contributed by atoms with Gasteiger partial charge in [0.05, 0.1) is 6.54 Å². The highest BCUT2D eigenvalue weighted by molar-refractivity contribution is 5.63. The van der Waals surface area contributed by atoms with Crippen molar-refractivity contribution >= 4 is 11.6 Å². The van der Waals surface area contributed by atoms with Crippen molar-refractivity contribution in [1.29, 1.82) is 0 Å². The van der Waals surface area contributed by atoms with Gasteiger partial charge in [0, 0.05) is 12.2 Å². The zero-order chi connectivity index (χ0) is 14.8. The Morgan fingerprint density at radius 3 is 2.68 bits per heavy atom. The summed E-state index contributed by atoms with van der Waals surface area (Å²) in [5, 5.41) is 12.3. The van der Waals surface area contributed by atoms with E-state index in [-0.39, 0.29) is 0 Å². The second-order valence-corrected chi connectivity index (χ2v) is 5.51. The Hall–Kier alpha value is -2.69. The zero-order valence-electron chi connectivity index (χ0n) is 12.3. The fourth-order valence-electron chi connectivity index (χ4n) is 2.99. The van der Waals surface area contributed by atoms with Crippen LogP contribution < -0.4 is 4.90 Å². The van der Waals surface area contributed by atoms with E-state index in [2.05, 4.69) is 56.8 Å². The lowest BCUT2D eigenvalue weighted by Gasteiger charge is -2.29. The number of para-hydroxylation sites is 1. The summed E-state index contributed by atoms with van der Waals surface area (Å²) in [4.78, 5) is 2.22. The Balaban J connectivity index is 1.69. The van der Waals surface area contributed by atoms with Gasteiger partial charge in [-0.05, 0) is 40.5 Å². The highest BCUT2D eigenvalue weighted by Crippen LogP contribution is 2.31. The molecule has 5 nitrogen and oxygen atoms in total. The van der Waals surface area contributed by atoms with Crippen molar-refractivity contribution in [3.8, 4) is 0 Å². The number of tetrazole rings is 1. The maximum Gasteiger partial charge on any atom is 0.250 e. The lowest BCUT2D eigenvalue weighted by atomic mass is 10.0. The molecule has 2 heterocycles. The Labute approximate surface area is 129 Å². The Kier molecular flexibility index (Phi) is 3.31. The van der Waals surface area contributed by atoms with Crippen molar-refractivity contribution < 1.29 is 0 Å². The molecule has 0 fully saturated rings. The number of aromatic nitrogens is 4. The number of anilines is 2. The number of rotatable bonds is 3. The highest BCUT2D eigenvalue weighted by atomic mass is 15.6. The van der Waals surface area contributed by atoms with E-state index in [9.17, 15) is 0 Å². The van der Waals surface area contributed by atoms with Crippen LogP contribution in [0.15, 0.2) is 54.6 Å². The minimum absolute atomic E-state index is 0.682. The van der Waals surface area contributed by atoms with Gasteiger partial charge in [-0.2, -0.15) is 0 Å². The van der Waals surface area contributed by atoms with E-state index < -0.39 is 0 Å². The molecule has 0 aliphatic carbocycles. The molecule has 0 N–H and O–H groups in total. The number of fused-ring (bicyclic) bond motifs is 1. The first-order valence-electron chi connectivity index (χ1n) is 7.57. The molecule has 0 saturated heterocycles. The normalized spacial score (nSPS) is 13.9. The average molecular weight is 291 g/mol. The molecular weight excluding hydrogens is 274 g/mol. The van der Waals surface area contributed by atoms with E-state index >= 15 is 0 Å². The summed E-state index contributed by atoms with van der Waals surface area (Å²) in [6, 6.07) is 18.8. The van der Waals surface area contributed by atoms with Gasteiger partial charge < -0.3 is 4.90 Å². The van der Waals surface area contributed by atoms with E-state index in [1.165, 1.54) is 16.8 Å². The Morgan fingerprint density at radius 2 is 1.77 bits per heavy atom. The summed E-state index contributed by atoms with van der Waals surface area (Å²) in [6.07, 6.45) is 2.24. The van der Waals surface area contributed by atoms with Crippen molar-refractivity contribution in [2.24, 2.45) is 0 Å². The van der Waals surface area contributed by atoms with Gasteiger partial charge in [-0.3, -0.25) is 0 Å². The third-order valence-electron chi connectivity index (χ3n) is 4.04. The van der Waals surface area contributed by atoms with Gasteiger partial charge in [-0.15, -0.1) is 0 Å². The number of nitrogens with zero attached hydrogens (tertiary/aromatic N) is 5. The van der Waals surface area contributed by atoms with Gasteiger partial charge >= 0.3 is 0 Å². The fourth-order valence-corrected chi connectivity index (χ4v) is 2.99. The summed E-state index contributed by atoms with van der Waals surface area (Å²) in [6.45, 7) is 1.63. The quantitative estimate of drug-likeness (QED) is 0.744. The van der Waals surface area contributed by atoms with Gasteiger partial charge in [0.15, 0.2) is 0 Å². The zero-order valence-corrected chi connectivity index (χ0v) is 12.3. The summed E-state index contributed by atoms with van der Waals surface area (Å²) in [5.74, 6) is 0.816. The molecule has 3 aromatic rings. The van der Waals surface area contributed by atoms with E-state index in [0.29, 0.717) is 6.54 Å². The van der Waals surface area contributed by atoms with Crippen LogP contribution in [-0.2, 0) is 13.0 Å². The molecule has 1 aromatic heterocycles. The first-order chi connectivity index (χ1) is 10.9. The highest BCUT2D eigenvalue weighted by Gasteiger charge is 2.22. The number of aryl methyl sites for hydroxylation is 1. The predicted octanol–water partition coefficient (Wildman–Crippen LogP) is 2.81. The second-order valence-electron chi connectivity index (χ2n) is 5.51. The van der Waals surface area contributed by atoms with Crippen LogP contribution in [0.25, 0.3) is 0 Å². The van der Waals surface area contributed by atoms with E-state index in [1.54, 1.807) is 0 Å². The SMILES string of the molecule is c1ccc(Cn2nnnc2N2CCCc3ccccc32)cc1. The number of hydrogen-bond acceptors (Lipinski definition) is 4. The van der Waals surface area contributed by atoms with Gasteiger partial charge in [-0.1, -0.05) is 53.6 Å². The van der Waals surface area contributed by atoms with Crippen molar-refractivity contribution in [1.82, 2.24) is 20.2 Å². The molecule has 0 spiro atoms. The summed E-state index contributed by atoms with van der Waals surface area (Å²) >= 11 is 0.